The van der Waals surface area contributed by atoms with Crippen LogP contribution in [0.2, 0.25) is 0 Å². The van der Waals surface area contributed by atoms with Gasteiger partial charge < -0.3 is 9.80 Å². The molecule has 0 saturated heterocycles. The average Bonchev–Trinajstić information content (AvgIpc) is 2.95. The standard InChI is InChI=1S/C31H32N4O3S/c1-34(2)27-17-13-24(14-18-27)30(25-15-19-28(20-16-25)35(3)4)33-31(36)26-11-8-12-29(21-26)39(37,38)32-22-23-9-6-5-7-10-23/h5-21,32H,22H2,1-4H3. The largest absolute Gasteiger partial charge is 0.378 e. The van der Waals surface area contributed by atoms with E-state index in [0.717, 1.165) is 28.1 Å². The summed E-state index contributed by atoms with van der Waals surface area (Å²) in [6.07, 6.45) is 0. The first-order valence-electron chi connectivity index (χ1n) is 12.5. The lowest BCUT2D eigenvalue weighted by Gasteiger charge is -2.15. The number of hydrogen-bond acceptors (Lipinski definition) is 5. The Hall–Kier alpha value is -4.27. The van der Waals surface area contributed by atoms with Crippen LogP contribution in [-0.4, -0.2) is 48.2 Å². The number of carbonyl (C=O) groups is 1. The van der Waals surface area contributed by atoms with E-state index in [9.17, 15) is 13.2 Å². The first kappa shape index (κ1) is 27.8. The number of rotatable bonds is 9. The van der Waals surface area contributed by atoms with Crippen LogP contribution in [0.25, 0.3) is 0 Å². The molecule has 0 aliphatic rings. The zero-order valence-corrected chi connectivity index (χ0v) is 23.3. The number of anilines is 2. The molecule has 4 aromatic rings. The van der Waals surface area contributed by atoms with Gasteiger partial charge in [0.1, 0.15) is 0 Å². The van der Waals surface area contributed by atoms with Crippen molar-refractivity contribution in [2.24, 2.45) is 4.99 Å². The molecule has 200 valence electrons. The summed E-state index contributed by atoms with van der Waals surface area (Å²) in [7, 11) is 4.01. The number of hydrogen-bond donors (Lipinski definition) is 1. The third-order valence-electron chi connectivity index (χ3n) is 6.23. The second kappa shape index (κ2) is 12.1. The van der Waals surface area contributed by atoms with Crippen molar-refractivity contribution in [2.45, 2.75) is 11.4 Å². The summed E-state index contributed by atoms with van der Waals surface area (Å²) in [5.74, 6) is -0.529. The van der Waals surface area contributed by atoms with E-state index >= 15 is 0 Å². The van der Waals surface area contributed by atoms with Crippen molar-refractivity contribution in [3.05, 3.63) is 125 Å². The molecule has 0 fully saturated rings. The number of amides is 1. The molecule has 0 unspecified atom stereocenters. The van der Waals surface area contributed by atoms with E-state index in [4.69, 9.17) is 0 Å². The molecule has 4 aromatic carbocycles. The van der Waals surface area contributed by atoms with E-state index in [1.54, 1.807) is 12.1 Å². The van der Waals surface area contributed by atoms with Gasteiger partial charge in [-0.2, -0.15) is 0 Å². The molecule has 0 heterocycles. The summed E-state index contributed by atoms with van der Waals surface area (Å²) in [6, 6.07) is 30.8. The number of nitrogens with one attached hydrogen (secondary N) is 1. The summed E-state index contributed by atoms with van der Waals surface area (Å²) >= 11 is 0. The SMILES string of the molecule is CN(C)c1ccc(C(=NC(=O)c2cccc(S(=O)(=O)NCc3ccccc3)c2)c2ccc(N(C)C)cc2)cc1. The Labute approximate surface area is 230 Å². The van der Waals surface area contributed by atoms with Gasteiger partial charge in [0.2, 0.25) is 10.0 Å². The quantitative estimate of drug-likeness (QED) is 0.303. The summed E-state index contributed by atoms with van der Waals surface area (Å²) in [4.78, 5) is 21.9. The molecule has 7 nitrogen and oxygen atoms in total. The lowest BCUT2D eigenvalue weighted by atomic mass is 10.0. The van der Waals surface area contributed by atoms with Crippen LogP contribution in [0.1, 0.15) is 27.0 Å². The van der Waals surface area contributed by atoms with E-state index in [-0.39, 0.29) is 17.0 Å². The Morgan fingerprint density at radius 2 is 1.23 bits per heavy atom. The van der Waals surface area contributed by atoms with Crippen LogP contribution in [0.15, 0.2) is 113 Å². The molecule has 0 bridgehead atoms. The molecule has 1 N–H and O–H groups in total. The van der Waals surface area contributed by atoms with Crippen LogP contribution in [0.5, 0.6) is 0 Å². The molecule has 0 radical (unpaired) electrons. The summed E-state index contributed by atoms with van der Waals surface area (Å²) < 4.78 is 28.5. The van der Waals surface area contributed by atoms with E-state index < -0.39 is 15.9 Å². The lowest BCUT2D eigenvalue weighted by Crippen LogP contribution is -2.23. The van der Waals surface area contributed by atoms with Crippen molar-refractivity contribution >= 4 is 33.0 Å². The normalized spacial score (nSPS) is 11.1. The number of aliphatic imine (C=N–C) groups is 1. The minimum Gasteiger partial charge on any atom is -0.378 e. The first-order chi connectivity index (χ1) is 18.6. The number of benzene rings is 4. The van der Waals surface area contributed by atoms with Gasteiger partial charge in [-0.25, -0.2) is 18.1 Å². The van der Waals surface area contributed by atoms with Gasteiger partial charge in [-0.05, 0) is 48.0 Å². The molecule has 0 aliphatic heterocycles. The molecular weight excluding hydrogens is 508 g/mol. The fourth-order valence-electron chi connectivity index (χ4n) is 3.95. The minimum absolute atomic E-state index is 0.00621. The van der Waals surface area contributed by atoms with Crippen LogP contribution < -0.4 is 14.5 Å². The van der Waals surface area contributed by atoms with Crippen molar-refractivity contribution < 1.29 is 13.2 Å². The van der Waals surface area contributed by atoms with Crippen molar-refractivity contribution in [3.63, 3.8) is 0 Å². The van der Waals surface area contributed by atoms with Crippen molar-refractivity contribution in [3.8, 4) is 0 Å². The zero-order valence-electron chi connectivity index (χ0n) is 22.5. The highest BCUT2D eigenvalue weighted by Crippen LogP contribution is 2.21. The number of nitrogens with zero attached hydrogens (tertiary/aromatic N) is 3. The van der Waals surface area contributed by atoms with Gasteiger partial charge in [0.15, 0.2) is 0 Å². The third-order valence-corrected chi connectivity index (χ3v) is 7.63. The monoisotopic (exact) mass is 540 g/mol. The maximum absolute atomic E-state index is 13.4. The Balaban J connectivity index is 1.67. The minimum atomic E-state index is -3.83. The topological polar surface area (TPSA) is 82.1 Å². The van der Waals surface area contributed by atoms with E-state index in [0.29, 0.717) is 5.71 Å². The second-order valence-corrected chi connectivity index (χ2v) is 11.3. The summed E-state index contributed by atoms with van der Waals surface area (Å²) in [5, 5.41) is 0. The highest BCUT2D eigenvalue weighted by atomic mass is 32.2. The lowest BCUT2D eigenvalue weighted by molar-refractivity contribution is 0.100. The van der Waals surface area contributed by atoms with E-state index in [1.165, 1.54) is 12.1 Å². The van der Waals surface area contributed by atoms with Gasteiger partial charge in [0.25, 0.3) is 5.91 Å². The Bertz CT molecular complexity index is 1510. The molecule has 4 rings (SSSR count). The molecule has 8 heteroatoms. The molecule has 0 saturated carbocycles. The van der Waals surface area contributed by atoms with Crippen LogP contribution in [-0.2, 0) is 16.6 Å². The van der Waals surface area contributed by atoms with E-state index in [2.05, 4.69) is 9.71 Å². The maximum atomic E-state index is 13.4. The van der Waals surface area contributed by atoms with Crippen LogP contribution >= 0.6 is 0 Å². The third kappa shape index (κ3) is 6.98. The van der Waals surface area contributed by atoms with Gasteiger partial charge in [-0.3, -0.25) is 4.79 Å². The zero-order chi connectivity index (χ0) is 28.0. The second-order valence-electron chi connectivity index (χ2n) is 9.49. The summed E-state index contributed by atoms with van der Waals surface area (Å²) in [6.45, 7) is 0.148. The fourth-order valence-corrected chi connectivity index (χ4v) is 5.01. The highest BCUT2D eigenvalue weighted by Gasteiger charge is 2.17. The van der Waals surface area contributed by atoms with Crippen LogP contribution in [0.3, 0.4) is 0 Å². The molecule has 0 spiro atoms. The first-order valence-corrected chi connectivity index (χ1v) is 13.9. The number of carbonyl (C=O) groups excluding carboxylic acids is 1. The molecule has 0 aliphatic carbocycles. The van der Waals surface area contributed by atoms with Gasteiger partial charge >= 0.3 is 0 Å². The maximum Gasteiger partial charge on any atom is 0.277 e. The molecular formula is C31H32N4O3S. The van der Waals surface area contributed by atoms with E-state index in [1.807, 2.05) is 117 Å². The summed E-state index contributed by atoms with van der Waals surface area (Å²) in [5.41, 5.74) is 5.13. The fraction of sp³-hybridized carbons (Fsp3) is 0.161. The molecule has 0 atom stereocenters. The molecule has 0 aromatic heterocycles. The number of sulfonamides is 1. The Morgan fingerprint density at radius 1 is 0.692 bits per heavy atom. The van der Waals surface area contributed by atoms with Crippen molar-refractivity contribution in [2.75, 3.05) is 38.0 Å². The highest BCUT2D eigenvalue weighted by molar-refractivity contribution is 7.89. The van der Waals surface area contributed by atoms with Crippen molar-refractivity contribution in [1.82, 2.24) is 4.72 Å². The molecule has 1 amide bonds. The van der Waals surface area contributed by atoms with Gasteiger partial charge in [0, 0.05) is 62.8 Å². The Morgan fingerprint density at radius 3 is 1.74 bits per heavy atom. The predicted octanol–water partition coefficient (Wildman–Crippen LogP) is 4.97. The van der Waals surface area contributed by atoms with Gasteiger partial charge in [0.05, 0.1) is 10.6 Å². The van der Waals surface area contributed by atoms with Crippen molar-refractivity contribution in [1.29, 1.82) is 0 Å². The smallest absolute Gasteiger partial charge is 0.277 e. The molecule has 39 heavy (non-hydrogen) atoms. The van der Waals surface area contributed by atoms with Gasteiger partial charge in [-0.15, -0.1) is 0 Å². The van der Waals surface area contributed by atoms with Crippen LogP contribution in [0, 0.1) is 0 Å². The predicted molar refractivity (Wildman–Crippen MR) is 158 cm³/mol. The average molecular weight is 541 g/mol. The van der Waals surface area contributed by atoms with Crippen LogP contribution in [0.4, 0.5) is 11.4 Å². The Kier molecular flexibility index (Phi) is 8.59. The van der Waals surface area contributed by atoms with Gasteiger partial charge in [-0.1, -0.05) is 60.7 Å².